The lowest BCUT2D eigenvalue weighted by molar-refractivity contribution is -0.119. The van der Waals surface area contributed by atoms with E-state index >= 15 is 0 Å². The van der Waals surface area contributed by atoms with Crippen molar-refractivity contribution in [3.63, 3.8) is 0 Å². The highest BCUT2D eigenvalue weighted by Crippen LogP contribution is 2.08. The van der Waals surface area contributed by atoms with E-state index < -0.39 is 0 Å². The van der Waals surface area contributed by atoms with Crippen LogP contribution in [0.1, 0.15) is 214 Å². The lowest BCUT2D eigenvalue weighted by atomic mass is 10.1. The Bertz CT molecular complexity index is 723. The minimum Gasteiger partial charge on any atom is -0.356 e. The summed E-state index contributed by atoms with van der Waals surface area (Å²) >= 11 is 0. The molecule has 7 nitrogen and oxygen atoms in total. The molecule has 5 N–H and O–H groups in total. The summed E-state index contributed by atoms with van der Waals surface area (Å²) in [6.45, 7) is 35.2. The first kappa shape index (κ1) is 62.4. The molecule has 52 heavy (non-hydrogen) atoms. The highest BCUT2D eigenvalue weighted by atomic mass is 16.1. The van der Waals surface area contributed by atoms with Gasteiger partial charge in [-0.1, -0.05) is 134 Å². The summed E-state index contributed by atoms with van der Waals surface area (Å²) in [6.07, 6.45) is 18.1. The van der Waals surface area contributed by atoms with E-state index in [0.717, 1.165) is 94.2 Å². The van der Waals surface area contributed by atoms with Crippen LogP contribution >= 0.6 is 0 Å². The summed E-state index contributed by atoms with van der Waals surface area (Å²) in [5, 5.41) is 2.79. The van der Waals surface area contributed by atoms with Crippen LogP contribution < -0.4 is 16.8 Å². The molecule has 0 aromatic rings. The Morgan fingerprint density at radius 3 is 0.962 bits per heavy atom. The van der Waals surface area contributed by atoms with E-state index in [9.17, 15) is 19.2 Å². The van der Waals surface area contributed by atoms with Crippen molar-refractivity contribution in [1.82, 2.24) is 5.32 Å². The average Bonchev–Trinajstić information content (AvgIpc) is 2.97. The fraction of sp³-hybridized carbons (Fsp3) is 0.911. The summed E-state index contributed by atoms with van der Waals surface area (Å²) in [5.74, 6) is 5.45. The van der Waals surface area contributed by atoms with Gasteiger partial charge >= 0.3 is 0 Å². The molecule has 0 aliphatic heterocycles. The van der Waals surface area contributed by atoms with Gasteiger partial charge in [0.15, 0.2) is 0 Å². The molecule has 0 saturated carbocycles. The third kappa shape index (κ3) is 104. The molecular formula is C45H97N3O4. The molecule has 0 fully saturated rings. The third-order valence-electron chi connectivity index (χ3n) is 7.38. The molecule has 0 heterocycles. The number of nitrogens with two attached hydrogens (primary N) is 2. The Morgan fingerprint density at radius 1 is 0.404 bits per heavy atom. The van der Waals surface area contributed by atoms with E-state index in [1.165, 1.54) is 57.8 Å². The van der Waals surface area contributed by atoms with Crippen molar-refractivity contribution in [2.24, 2.45) is 47.0 Å². The summed E-state index contributed by atoms with van der Waals surface area (Å²) in [6, 6.07) is 0. The maximum atomic E-state index is 10.5. The fourth-order valence-electron chi connectivity index (χ4n) is 4.42. The molecule has 0 aromatic heterocycles. The molecule has 0 spiro atoms. The Kier molecular flexibility index (Phi) is 59.3. The monoisotopic (exact) mass is 744 g/mol. The topological polar surface area (TPSA) is 132 Å². The van der Waals surface area contributed by atoms with Crippen LogP contribution in [0.2, 0.25) is 0 Å². The minimum absolute atomic E-state index is 0.0823. The fourth-order valence-corrected chi connectivity index (χ4v) is 4.42. The second kappa shape index (κ2) is 49.4. The predicted octanol–water partition coefficient (Wildman–Crippen LogP) is 11.9. The molecule has 0 aromatic carbocycles. The Hall–Kier alpha value is -1.60. The normalized spacial score (nSPS) is 10.2. The molecule has 0 saturated heterocycles. The van der Waals surface area contributed by atoms with Crippen LogP contribution in [-0.4, -0.2) is 42.9 Å². The van der Waals surface area contributed by atoms with Gasteiger partial charge in [0.05, 0.1) is 0 Å². The molecular weight excluding hydrogens is 647 g/mol. The van der Waals surface area contributed by atoms with Gasteiger partial charge < -0.3 is 31.2 Å². The third-order valence-corrected chi connectivity index (χ3v) is 7.38. The van der Waals surface area contributed by atoms with Gasteiger partial charge in [0, 0.05) is 32.7 Å². The van der Waals surface area contributed by atoms with E-state index in [1.54, 1.807) is 27.7 Å². The highest BCUT2D eigenvalue weighted by Gasteiger charge is 1.98. The van der Waals surface area contributed by atoms with Gasteiger partial charge in [0.25, 0.3) is 0 Å². The Balaban J connectivity index is -0.000000124. The van der Waals surface area contributed by atoms with Gasteiger partial charge in [-0.2, -0.15) is 0 Å². The first-order valence-electron chi connectivity index (χ1n) is 21.2. The van der Waals surface area contributed by atoms with Crippen LogP contribution in [0.25, 0.3) is 0 Å². The number of ketones is 3. The number of nitrogens with one attached hydrogen (secondary N) is 1. The SMILES string of the molecule is CC(=O)CC(C)C.CC(=O)CCCC(C)C.CC(=O)CCCC(C)C.CC(=O)NCCCCCC(C)C.CC(C)CCCCCN.CC(C)CCN. The van der Waals surface area contributed by atoms with Gasteiger partial charge in [0.1, 0.15) is 17.3 Å². The Labute approximate surface area is 327 Å². The lowest BCUT2D eigenvalue weighted by Crippen LogP contribution is -2.20. The molecule has 0 unspecified atom stereocenters. The maximum Gasteiger partial charge on any atom is 0.216 e. The zero-order valence-electron chi connectivity index (χ0n) is 38.2. The summed E-state index contributed by atoms with van der Waals surface area (Å²) in [4.78, 5) is 41.6. The number of amides is 1. The summed E-state index contributed by atoms with van der Waals surface area (Å²) in [5.41, 5.74) is 10.6. The number of hydrogen-bond acceptors (Lipinski definition) is 6. The number of carbonyl (C=O) groups excluding carboxylic acids is 4. The van der Waals surface area contributed by atoms with Crippen molar-refractivity contribution < 1.29 is 19.2 Å². The minimum atomic E-state index is 0.0823. The standard InChI is InChI=1S/C10H21NO.C8H19N.2C8H16O.C6H12O.C5H13N/c1-9(2)7-5-4-6-8-11-10(3)12;1-8(2)6-4-3-5-7-9;2*1-7(2)5-4-6-8(3)9;1-5(2)4-6(3)7;1-5(2)3-4-6/h9H,4-8H2,1-3H3,(H,11,12);8H,3-7,9H2,1-2H3;2*7H,4-6H2,1-3H3;5H,4H2,1-3H3;5H,3-4,6H2,1-2H3. The molecule has 0 aliphatic rings. The first-order valence-corrected chi connectivity index (χ1v) is 21.2. The summed E-state index contributed by atoms with van der Waals surface area (Å²) in [7, 11) is 0. The summed E-state index contributed by atoms with van der Waals surface area (Å²) < 4.78 is 0. The smallest absolute Gasteiger partial charge is 0.216 e. The van der Waals surface area contributed by atoms with Gasteiger partial charge in [-0.25, -0.2) is 0 Å². The van der Waals surface area contributed by atoms with E-state index in [-0.39, 0.29) is 11.7 Å². The van der Waals surface area contributed by atoms with Crippen LogP contribution in [0.3, 0.4) is 0 Å². The Morgan fingerprint density at radius 2 is 0.750 bits per heavy atom. The molecule has 0 radical (unpaired) electrons. The molecule has 1 amide bonds. The largest absolute Gasteiger partial charge is 0.356 e. The second-order valence-electron chi connectivity index (χ2n) is 17.0. The van der Waals surface area contributed by atoms with Crippen LogP contribution in [0.5, 0.6) is 0 Å². The van der Waals surface area contributed by atoms with E-state index in [4.69, 9.17) is 11.5 Å². The first-order chi connectivity index (χ1) is 24.0. The van der Waals surface area contributed by atoms with Crippen molar-refractivity contribution in [3.8, 4) is 0 Å². The number of carbonyl (C=O) groups is 4. The molecule has 7 heteroatoms. The molecule has 0 aliphatic carbocycles. The van der Waals surface area contributed by atoms with E-state index in [2.05, 4.69) is 74.6 Å². The van der Waals surface area contributed by atoms with E-state index in [1.807, 2.05) is 13.8 Å². The van der Waals surface area contributed by atoms with Gasteiger partial charge in [0.2, 0.25) is 5.91 Å². The lowest BCUT2D eigenvalue weighted by Gasteiger charge is -2.04. The van der Waals surface area contributed by atoms with Crippen LogP contribution in [0.15, 0.2) is 0 Å². The second-order valence-corrected chi connectivity index (χ2v) is 17.0. The van der Waals surface area contributed by atoms with Gasteiger partial charge in [-0.3, -0.25) is 4.79 Å². The predicted molar refractivity (Wildman–Crippen MR) is 232 cm³/mol. The number of hydrogen-bond donors (Lipinski definition) is 3. The zero-order chi connectivity index (χ0) is 41.9. The van der Waals surface area contributed by atoms with Crippen LogP contribution in [-0.2, 0) is 19.2 Å². The maximum absolute atomic E-state index is 10.5. The van der Waals surface area contributed by atoms with Crippen molar-refractivity contribution in [1.29, 1.82) is 0 Å². The van der Waals surface area contributed by atoms with E-state index in [0.29, 0.717) is 17.5 Å². The number of unbranched alkanes of at least 4 members (excludes halogenated alkanes) is 4. The average molecular weight is 744 g/mol. The van der Waals surface area contributed by atoms with Crippen molar-refractivity contribution in [3.05, 3.63) is 0 Å². The van der Waals surface area contributed by atoms with Crippen molar-refractivity contribution in [2.75, 3.05) is 19.6 Å². The van der Waals surface area contributed by atoms with Crippen molar-refractivity contribution in [2.45, 2.75) is 214 Å². The van der Waals surface area contributed by atoms with Crippen LogP contribution in [0.4, 0.5) is 0 Å². The molecule has 0 rings (SSSR count). The van der Waals surface area contributed by atoms with Gasteiger partial charge in [-0.15, -0.1) is 0 Å². The molecule has 316 valence electrons. The quantitative estimate of drug-likeness (QED) is 0.0892. The number of Topliss-reactive ketones (excluding diaryl/α,β-unsaturated/α-hetero) is 3. The van der Waals surface area contributed by atoms with Gasteiger partial charge in [-0.05, 0) is 101 Å². The highest BCUT2D eigenvalue weighted by molar-refractivity contribution is 5.76. The van der Waals surface area contributed by atoms with Crippen molar-refractivity contribution >= 4 is 23.3 Å². The van der Waals surface area contributed by atoms with Crippen LogP contribution in [0, 0.1) is 35.5 Å². The number of rotatable bonds is 23. The zero-order valence-corrected chi connectivity index (χ0v) is 38.2. The molecule has 0 bridgehead atoms. The molecule has 0 atom stereocenters.